The van der Waals surface area contributed by atoms with Crippen LogP contribution in [0.4, 0.5) is 5.82 Å². The number of aromatic nitrogens is 5. The number of fused-ring (bicyclic) bond motifs is 1. The Kier molecular flexibility index (Phi) is 4.09. The van der Waals surface area contributed by atoms with Crippen molar-refractivity contribution in [3.05, 3.63) is 36.7 Å². The molecule has 1 aliphatic heterocycles. The van der Waals surface area contributed by atoms with Gasteiger partial charge in [0.2, 0.25) is 0 Å². The first-order valence-corrected chi connectivity index (χ1v) is 8.61. The second kappa shape index (κ2) is 6.40. The van der Waals surface area contributed by atoms with Gasteiger partial charge in [-0.15, -0.1) is 15.3 Å². The highest BCUT2D eigenvalue weighted by atomic mass is 16.5. The van der Waals surface area contributed by atoms with Gasteiger partial charge in [-0.25, -0.2) is 0 Å². The van der Waals surface area contributed by atoms with E-state index in [1.807, 2.05) is 24.3 Å². The van der Waals surface area contributed by atoms with Crippen LogP contribution in [0.5, 0.6) is 0 Å². The Morgan fingerprint density at radius 1 is 1.20 bits per heavy atom. The van der Waals surface area contributed by atoms with E-state index in [0.29, 0.717) is 11.7 Å². The molecular formula is C18H22N6O. The first-order valence-electron chi connectivity index (χ1n) is 8.61. The van der Waals surface area contributed by atoms with Gasteiger partial charge in [0.15, 0.2) is 11.5 Å². The lowest BCUT2D eigenvalue weighted by atomic mass is 9.88. The molecule has 3 aromatic rings. The minimum Gasteiger partial charge on any atom is -0.376 e. The Hall–Kier alpha value is -2.54. The van der Waals surface area contributed by atoms with Crippen LogP contribution in [0.25, 0.3) is 17.0 Å². The summed E-state index contributed by atoms with van der Waals surface area (Å²) in [7, 11) is 0. The zero-order valence-corrected chi connectivity index (χ0v) is 14.5. The highest BCUT2D eigenvalue weighted by molar-refractivity contribution is 5.58. The van der Waals surface area contributed by atoms with Crippen molar-refractivity contribution < 1.29 is 4.74 Å². The van der Waals surface area contributed by atoms with Gasteiger partial charge in [0.05, 0.1) is 5.60 Å². The van der Waals surface area contributed by atoms with Gasteiger partial charge in [-0.1, -0.05) is 0 Å². The lowest BCUT2D eigenvalue weighted by Gasteiger charge is -2.35. The fourth-order valence-corrected chi connectivity index (χ4v) is 3.35. The highest BCUT2D eigenvalue weighted by Crippen LogP contribution is 2.28. The van der Waals surface area contributed by atoms with E-state index in [1.165, 1.54) is 0 Å². The predicted molar refractivity (Wildman–Crippen MR) is 95.3 cm³/mol. The summed E-state index contributed by atoms with van der Waals surface area (Å²) < 4.78 is 7.56. The second-order valence-corrected chi connectivity index (χ2v) is 7.10. The van der Waals surface area contributed by atoms with Crippen molar-refractivity contribution in [2.75, 3.05) is 18.5 Å². The van der Waals surface area contributed by atoms with Crippen LogP contribution in [0.15, 0.2) is 36.7 Å². The third kappa shape index (κ3) is 3.46. The first-order chi connectivity index (χ1) is 12.1. The summed E-state index contributed by atoms with van der Waals surface area (Å²) in [6.07, 6.45) is 5.61. The normalized spacial score (nSPS) is 19.8. The topological polar surface area (TPSA) is 77.2 Å². The van der Waals surface area contributed by atoms with Crippen molar-refractivity contribution in [3.8, 4) is 11.4 Å². The molecule has 25 heavy (non-hydrogen) atoms. The predicted octanol–water partition coefficient (Wildman–Crippen LogP) is 2.80. The molecule has 130 valence electrons. The van der Waals surface area contributed by atoms with Crippen LogP contribution in [0.1, 0.15) is 26.7 Å². The Bertz CT molecular complexity index is 860. The SMILES string of the molecule is CC1(C)CC(CNc2ccc3nnc(-c4ccncc4)n3n2)CCO1. The van der Waals surface area contributed by atoms with Crippen molar-refractivity contribution in [1.29, 1.82) is 0 Å². The Morgan fingerprint density at radius 2 is 2.04 bits per heavy atom. The summed E-state index contributed by atoms with van der Waals surface area (Å²) in [5.74, 6) is 2.13. The molecule has 1 saturated heterocycles. The van der Waals surface area contributed by atoms with E-state index in [0.717, 1.165) is 43.0 Å². The summed E-state index contributed by atoms with van der Waals surface area (Å²) in [5.41, 5.74) is 1.63. The minimum absolute atomic E-state index is 0.0369. The average Bonchev–Trinajstić information content (AvgIpc) is 3.03. The second-order valence-electron chi connectivity index (χ2n) is 7.10. The van der Waals surface area contributed by atoms with E-state index in [2.05, 4.69) is 39.4 Å². The molecule has 4 heterocycles. The molecule has 1 atom stereocenters. The number of hydrogen-bond acceptors (Lipinski definition) is 6. The Labute approximate surface area is 146 Å². The molecule has 7 heteroatoms. The van der Waals surface area contributed by atoms with Gasteiger partial charge in [0.1, 0.15) is 5.82 Å². The maximum Gasteiger partial charge on any atom is 0.185 e. The quantitative estimate of drug-likeness (QED) is 0.788. The molecule has 1 fully saturated rings. The molecule has 0 aromatic carbocycles. The maximum atomic E-state index is 5.79. The number of rotatable bonds is 4. The van der Waals surface area contributed by atoms with Crippen LogP contribution in [0.2, 0.25) is 0 Å². The van der Waals surface area contributed by atoms with Crippen molar-refractivity contribution in [2.45, 2.75) is 32.3 Å². The zero-order chi connectivity index (χ0) is 17.3. The lowest BCUT2D eigenvalue weighted by Crippen LogP contribution is -2.36. The van der Waals surface area contributed by atoms with E-state index < -0.39 is 0 Å². The minimum atomic E-state index is -0.0369. The standard InChI is InChI=1S/C18H22N6O/c1-18(2)11-13(7-10-25-18)12-20-15-3-4-16-21-22-17(24(16)23-15)14-5-8-19-9-6-14/h3-6,8-9,13H,7,10-12H2,1-2H3,(H,20,23). The highest BCUT2D eigenvalue weighted by Gasteiger charge is 2.28. The molecule has 0 amide bonds. The first kappa shape index (κ1) is 16.0. The summed E-state index contributed by atoms with van der Waals surface area (Å²) in [4.78, 5) is 4.05. The Morgan fingerprint density at radius 3 is 2.84 bits per heavy atom. The van der Waals surface area contributed by atoms with Crippen molar-refractivity contribution in [2.24, 2.45) is 5.92 Å². The molecule has 1 N–H and O–H groups in total. The van der Waals surface area contributed by atoms with Gasteiger partial charge in [0.25, 0.3) is 0 Å². The molecule has 0 saturated carbocycles. The van der Waals surface area contributed by atoms with Crippen LogP contribution in [-0.2, 0) is 4.74 Å². The van der Waals surface area contributed by atoms with E-state index >= 15 is 0 Å². The van der Waals surface area contributed by atoms with Crippen LogP contribution < -0.4 is 5.32 Å². The molecule has 0 spiro atoms. The molecule has 0 aliphatic carbocycles. The number of nitrogens with one attached hydrogen (secondary N) is 1. The third-order valence-corrected chi connectivity index (χ3v) is 4.57. The summed E-state index contributed by atoms with van der Waals surface area (Å²) in [6.45, 7) is 6.02. The number of pyridine rings is 1. The van der Waals surface area contributed by atoms with E-state index in [9.17, 15) is 0 Å². The molecule has 7 nitrogen and oxygen atoms in total. The van der Waals surface area contributed by atoms with Crippen LogP contribution >= 0.6 is 0 Å². The fraction of sp³-hybridized carbons (Fsp3) is 0.444. The molecule has 4 rings (SSSR count). The molecule has 3 aromatic heterocycles. The lowest BCUT2D eigenvalue weighted by molar-refractivity contribution is -0.0699. The zero-order valence-electron chi connectivity index (χ0n) is 14.5. The van der Waals surface area contributed by atoms with E-state index in [-0.39, 0.29) is 5.60 Å². The Balaban J connectivity index is 1.53. The van der Waals surface area contributed by atoms with Gasteiger partial charge in [-0.2, -0.15) is 4.52 Å². The third-order valence-electron chi connectivity index (χ3n) is 4.57. The summed E-state index contributed by atoms with van der Waals surface area (Å²) in [5, 5.41) is 16.6. The van der Waals surface area contributed by atoms with Crippen molar-refractivity contribution in [1.82, 2.24) is 24.8 Å². The monoisotopic (exact) mass is 338 g/mol. The van der Waals surface area contributed by atoms with Gasteiger partial charge in [-0.3, -0.25) is 4.98 Å². The van der Waals surface area contributed by atoms with Gasteiger partial charge in [-0.05, 0) is 56.9 Å². The molecule has 0 radical (unpaired) electrons. The van der Waals surface area contributed by atoms with Gasteiger partial charge in [0, 0.05) is 31.1 Å². The smallest absolute Gasteiger partial charge is 0.185 e. The molecular weight excluding hydrogens is 316 g/mol. The van der Waals surface area contributed by atoms with Crippen LogP contribution in [0, 0.1) is 5.92 Å². The number of nitrogens with zero attached hydrogens (tertiary/aromatic N) is 5. The fourth-order valence-electron chi connectivity index (χ4n) is 3.35. The molecule has 1 aliphatic rings. The van der Waals surface area contributed by atoms with Crippen molar-refractivity contribution >= 4 is 11.5 Å². The summed E-state index contributed by atoms with van der Waals surface area (Å²) in [6, 6.07) is 7.69. The van der Waals surface area contributed by atoms with Gasteiger partial charge >= 0.3 is 0 Å². The van der Waals surface area contributed by atoms with Crippen LogP contribution in [-0.4, -0.2) is 43.5 Å². The largest absolute Gasteiger partial charge is 0.376 e. The summed E-state index contributed by atoms with van der Waals surface area (Å²) >= 11 is 0. The average molecular weight is 338 g/mol. The van der Waals surface area contributed by atoms with E-state index in [4.69, 9.17) is 4.74 Å². The number of anilines is 1. The maximum absolute atomic E-state index is 5.79. The van der Waals surface area contributed by atoms with Gasteiger partial charge < -0.3 is 10.1 Å². The van der Waals surface area contributed by atoms with E-state index in [1.54, 1.807) is 16.9 Å². The molecule has 0 bridgehead atoms. The van der Waals surface area contributed by atoms with Crippen LogP contribution in [0.3, 0.4) is 0 Å². The van der Waals surface area contributed by atoms with Crippen molar-refractivity contribution in [3.63, 3.8) is 0 Å². The number of hydrogen-bond donors (Lipinski definition) is 1. The molecule has 1 unspecified atom stereocenters. The number of ether oxygens (including phenoxy) is 1.